The molecule has 6 nitrogen and oxygen atoms in total. The molecule has 0 saturated carbocycles. The number of alkyl halides is 3. The third-order valence-electron chi connectivity index (χ3n) is 5.63. The van der Waals surface area contributed by atoms with Gasteiger partial charge in [0.25, 0.3) is 5.24 Å². The van der Waals surface area contributed by atoms with Gasteiger partial charge in [0.2, 0.25) is 5.91 Å². The summed E-state index contributed by atoms with van der Waals surface area (Å²) in [5, 5.41) is -0.374. The Kier molecular flexibility index (Phi) is 8.67. The van der Waals surface area contributed by atoms with Crippen molar-refractivity contribution in [3.8, 4) is 5.75 Å². The predicted octanol–water partition coefficient (Wildman–Crippen LogP) is 5.96. The van der Waals surface area contributed by atoms with E-state index in [9.17, 15) is 27.6 Å². The molecular formula is C24H28F3NO5S. The molecule has 1 aliphatic rings. The number of hydrogen-bond donors (Lipinski definition) is 0. The topological polar surface area (TPSA) is 76.8 Å². The van der Waals surface area contributed by atoms with E-state index in [4.69, 9.17) is 9.15 Å². The van der Waals surface area contributed by atoms with Crippen LogP contribution in [0.1, 0.15) is 62.6 Å². The molecule has 0 bridgehead atoms. The maximum Gasteiger partial charge on any atom is 0.417 e. The van der Waals surface area contributed by atoms with Crippen LogP contribution in [0.3, 0.4) is 0 Å². The number of amides is 2. The van der Waals surface area contributed by atoms with E-state index in [2.05, 4.69) is 0 Å². The summed E-state index contributed by atoms with van der Waals surface area (Å²) in [6.45, 7) is 4.46. The molecule has 2 aromatic rings. The van der Waals surface area contributed by atoms with E-state index in [1.54, 1.807) is 0 Å². The molecule has 0 spiro atoms. The number of imide groups is 1. The Morgan fingerprint density at radius 3 is 2.44 bits per heavy atom. The molecule has 0 unspecified atom stereocenters. The quantitative estimate of drug-likeness (QED) is 0.280. The molecule has 0 N–H and O–H groups in total. The second kappa shape index (κ2) is 11.3. The van der Waals surface area contributed by atoms with Crippen LogP contribution in [0.4, 0.5) is 18.0 Å². The molecule has 1 aromatic heterocycles. The summed E-state index contributed by atoms with van der Waals surface area (Å²) in [7, 11) is 0. The van der Waals surface area contributed by atoms with Crippen molar-refractivity contribution >= 4 is 33.9 Å². The van der Waals surface area contributed by atoms with Crippen molar-refractivity contribution in [3.63, 3.8) is 0 Å². The molecule has 0 aliphatic carbocycles. The number of carbonyl (C=O) groups is 2. The Hall–Kier alpha value is -2.49. The summed E-state index contributed by atoms with van der Waals surface area (Å²) in [6, 6.07) is 1.93. The Bertz CT molecular complexity index is 1100. The molecule has 10 heteroatoms. The summed E-state index contributed by atoms with van der Waals surface area (Å²) in [6.07, 6.45) is -0.477. The fraction of sp³-hybridized carbons (Fsp3) is 0.542. The van der Waals surface area contributed by atoms with Crippen LogP contribution in [0.5, 0.6) is 5.75 Å². The molecular weight excluding hydrogens is 471 g/mol. The normalized spacial score (nSPS) is 14.4. The van der Waals surface area contributed by atoms with E-state index >= 15 is 0 Å². The molecule has 34 heavy (non-hydrogen) atoms. The summed E-state index contributed by atoms with van der Waals surface area (Å²) in [4.78, 5) is 36.7. The molecule has 0 radical (unpaired) electrons. The fourth-order valence-electron chi connectivity index (χ4n) is 4.00. The number of aryl methyl sites for hydroxylation is 2. The number of halogens is 3. The zero-order valence-corrected chi connectivity index (χ0v) is 20.1. The van der Waals surface area contributed by atoms with Gasteiger partial charge >= 0.3 is 11.8 Å². The molecule has 186 valence electrons. The van der Waals surface area contributed by atoms with E-state index in [1.807, 2.05) is 13.8 Å². The van der Waals surface area contributed by atoms with Gasteiger partial charge in [0.1, 0.15) is 11.3 Å². The van der Waals surface area contributed by atoms with Crippen LogP contribution in [-0.2, 0) is 23.8 Å². The summed E-state index contributed by atoms with van der Waals surface area (Å²) < 4.78 is 52.5. The van der Waals surface area contributed by atoms with Gasteiger partial charge in [-0.15, -0.1) is 0 Å². The van der Waals surface area contributed by atoms with Gasteiger partial charge in [-0.2, -0.15) is 13.2 Å². The highest BCUT2D eigenvalue weighted by Gasteiger charge is 2.35. The maximum absolute atomic E-state index is 13.7. The van der Waals surface area contributed by atoms with Gasteiger partial charge in [-0.25, -0.2) is 4.79 Å². The second-order valence-corrected chi connectivity index (χ2v) is 9.13. The van der Waals surface area contributed by atoms with Crippen molar-refractivity contribution in [2.45, 2.75) is 65.0 Å². The van der Waals surface area contributed by atoms with Gasteiger partial charge in [-0.1, -0.05) is 38.5 Å². The molecule has 2 amide bonds. The lowest BCUT2D eigenvalue weighted by Crippen LogP contribution is -2.29. The molecule has 3 rings (SSSR count). The minimum absolute atomic E-state index is 0.0755. The predicted molar refractivity (Wildman–Crippen MR) is 124 cm³/mol. The van der Waals surface area contributed by atoms with E-state index < -0.39 is 17.4 Å². The van der Waals surface area contributed by atoms with Crippen molar-refractivity contribution in [2.75, 3.05) is 18.9 Å². The average molecular weight is 500 g/mol. The van der Waals surface area contributed by atoms with Crippen LogP contribution in [-0.4, -0.2) is 35.0 Å². The Labute approximate surface area is 199 Å². The number of thioether (sulfide) groups is 1. The first-order valence-electron chi connectivity index (χ1n) is 11.5. The lowest BCUT2D eigenvalue weighted by molar-refractivity contribution is -0.136. The smallest absolute Gasteiger partial charge is 0.417 e. The number of carbonyl (C=O) groups excluding carboxylic acids is 2. The van der Waals surface area contributed by atoms with Crippen molar-refractivity contribution in [3.05, 3.63) is 39.2 Å². The van der Waals surface area contributed by atoms with Gasteiger partial charge in [-0.3, -0.25) is 14.5 Å². The van der Waals surface area contributed by atoms with Gasteiger partial charge in [0, 0.05) is 23.6 Å². The van der Waals surface area contributed by atoms with E-state index in [0.717, 1.165) is 18.2 Å². The molecule has 0 atom stereocenters. The van der Waals surface area contributed by atoms with Gasteiger partial charge in [-0.05, 0) is 43.7 Å². The first-order chi connectivity index (χ1) is 16.2. The minimum Gasteiger partial charge on any atom is -0.493 e. The number of benzene rings is 1. The Morgan fingerprint density at radius 1 is 1.06 bits per heavy atom. The summed E-state index contributed by atoms with van der Waals surface area (Å²) in [5.41, 5.74) is -1.01. The van der Waals surface area contributed by atoms with Crippen LogP contribution < -0.4 is 10.4 Å². The Morgan fingerprint density at radius 2 is 1.82 bits per heavy atom. The van der Waals surface area contributed by atoms with E-state index in [1.165, 1.54) is 11.0 Å². The Balaban J connectivity index is 1.91. The largest absolute Gasteiger partial charge is 0.493 e. The zero-order valence-electron chi connectivity index (χ0n) is 19.3. The monoisotopic (exact) mass is 499 g/mol. The van der Waals surface area contributed by atoms with Crippen LogP contribution >= 0.6 is 11.8 Å². The molecule has 1 aliphatic heterocycles. The highest BCUT2D eigenvalue weighted by Crippen LogP contribution is 2.40. The van der Waals surface area contributed by atoms with E-state index in [0.29, 0.717) is 68.0 Å². The minimum atomic E-state index is -4.69. The highest BCUT2D eigenvalue weighted by molar-refractivity contribution is 8.14. The lowest BCUT2D eigenvalue weighted by Gasteiger charge is -2.20. The van der Waals surface area contributed by atoms with Crippen molar-refractivity contribution < 1.29 is 31.9 Å². The van der Waals surface area contributed by atoms with Gasteiger partial charge in [0.15, 0.2) is 0 Å². The number of fused-ring (bicyclic) bond motifs is 1. The fourth-order valence-corrected chi connectivity index (χ4v) is 4.75. The number of rotatable bonds is 11. The third kappa shape index (κ3) is 5.95. The molecule has 1 fully saturated rings. The first kappa shape index (κ1) is 26.1. The molecule has 1 aromatic carbocycles. The SMILES string of the molecule is CCCCc1c(OCCCCN2C(=O)CSC2=O)c(CCC)cc2c(C(F)(F)F)cc(=O)oc12. The highest BCUT2D eigenvalue weighted by atomic mass is 32.2. The lowest BCUT2D eigenvalue weighted by atomic mass is 9.95. The van der Waals surface area contributed by atoms with Crippen LogP contribution in [0, 0.1) is 0 Å². The molecule has 2 heterocycles. The zero-order chi connectivity index (χ0) is 24.9. The average Bonchev–Trinajstić information content (AvgIpc) is 3.09. The summed E-state index contributed by atoms with van der Waals surface area (Å²) >= 11 is 0.986. The summed E-state index contributed by atoms with van der Waals surface area (Å²) in [5.74, 6) is 0.431. The third-order valence-corrected chi connectivity index (χ3v) is 6.48. The van der Waals surface area contributed by atoms with Crippen molar-refractivity contribution in [1.82, 2.24) is 4.90 Å². The van der Waals surface area contributed by atoms with Gasteiger partial charge < -0.3 is 9.15 Å². The maximum atomic E-state index is 13.7. The number of ether oxygens (including phenoxy) is 1. The van der Waals surface area contributed by atoms with Crippen LogP contribution in [0.15, 0.2) is 21.3 Å². The van der Waals surface area contributed by atoms with E-state index in [-0.39, 0.29) is 34.5 Å². The molecule has 1 saturated heterocycles. The van der Waals surface area contributed by atoms with Crippen LogP contribution in [0.25, 0.3) is 11.0 Å². The second-order valence-electron chi connectivity index (χ2n) is 8.21. The first-order valence-corrected chi connectivity index (χ1v) is 12.5. The van der Waals surface area contributed by atoms with Crippen LogP contribution in [0.2, 0.25) is 0 Å². The van der Waals surface area contributed by atoms with Crippen molar-refractivity contribution in [1.29, 1.82) is 0 Å². The standard InChI is InChI=1S/C24H28F3NO5S/c1-3-5-9-16-21(32-11-7-6-10-28-19(29)14-34-23(28)31)15(8-4-2)12-17-18(24(25,26)27)13-20(30)33-22(16)17/h12-13H,3-11,14H2,1-2H3. The number of hydrogen-bond acceptors (Lipinski definition) is 6. The number of unbranched alkanes of at least 4 members (excludes halogenated alkanes) is 2. The van der Waals surface area contributed by atoms with Crippen molar-refractivity contribution in [2.24, 2.45) is 0 Å². The van der Waals surface area contributed by atoms with Gasteiger partial charge in [0.05, 0.1) is 17.9 Å². The number of nitrogens with zero attached hydrogens (tertiary/aromatic N) is 1.